The third-order valence-corrected chi connectivity index (χ3v) is 2.02. The number of pyridine rings is 1. The number of hydrogen-bond acceptors (Lipinski definition) is 3. The van der Waals surface area contributed by atoms with Crippen LogP contribution in [0.25, 0.3) is 0 Å². The second-order valence-corrected chi connectivity index (χ2v) is 3.31. The van der Waals surface area contributed by atoms with Gasteiger partial charge in [-0.2, -0.15) is 0 Å². The summed E-state index contributed by atoms with van der Waals surface area (Å²) in [6.45, 7) is 0. The maximum Gasteiger partial charge on any atom is 0.145 e. The van der Waals surface area contributed by atoms with Gasteiger partial charge in [0.15, 0.2) is 0 Å². The number of allylic oxidation sites excluding steroid dienone is 5. The van der Waals surface area contributed by atoms with Crippen molar-refractivity contribution in [3.63, 3.8) is 0 Å². The van der Waals surface area contributed by atoms with Gasteiger partial charge in [-0.15, -0.1) is 0 Å². The molecular weight excluding hydrogens is 207 g/mol. The third kappa shape index (κ3) is 2.70. The fourth-order valence-electron chi connectivity index (χ4n) is 1.24. The lowest BCUT2D eigenvalue weighted by molar-refractivity contribution is 0.442. The van der Waals surface area contributed by atoms with Crippen LogP contribution in [-0.4, -0.2) is 4.98 Å². The van der Waals surface area contributed by atoms with Gasteiger partial charge < -0.3 is 10.5 Å². The first-order chi connectivity index (χ1) is 7.74. The van der Waals surface area contributed by atoms with Crippen LogP contribution in [0.3, 0.4) is 0 Å². The molecule has 0 aliphatic heterocycles. The van der Waals surface area contributed by atoms with Crippen molar-refractivity contribution in [2.45, 2.75) is 6.42 Å². The summed E-state index contributed by atoms with van der Waals surface area (Å²) in [5.41, 5.74) is 5.45. The average molecular weight is 218 g/mol. The molecule has 2 N–H and O–H groups in total. The second-order valence-electron chi connectivity index (χ2n) is 3.31. The molecule has 2 rings (SSSR count). The molecule has 0 aromatic carbocycles. The summed E-state index contributed by atoms with van der Waals surface area (Å²) in [5.74, 6) is 1.38. The number of rotatable bonds is 2. The Balaban J connectivity index is 2.13. The summed E-state index contributed by atoms with van der Waals surface area (Å²) >= 11 is 0. The smallest absolute Gasteiger partial charge is 0.145 e. The lowest BCUT2D eigenvalue weighted by Crippen LogP contribution is -1.94. The monoisotopic (exact) mass is 218 g/mol. The Hall–Kier alpha value is -2.10. The lowest BCUT2D eigenvalue weighted by atomic mass is 10.3. The highest BCUT2D eigenvalue weighted by molar-refractivity contribution is 5.35. The summed E-state index contributed by atoms with van der Waals surface area (Å²) in [5, 5.41) is 0. The highest BCUT2D eigenvalue weighted by Crippen LogP contribution is 2.17. The molecule has 0 unspecified atom stereocenters. The van der Waals surface area contributed by atoms with E-state index in [1.54, 1.807) is 30.4 Å². The number of anilines is 1. The van der Waals surface area contributed by atoms with Gasteiger partial charge in [-0.25, -0.2) is 9.37 Å². The summed E-state index contributed by atoms with van der Waals surface area (Å²) in [4.78, 5) is 3.89. The Labute approximate surface area is 92.7 Å². The molecule has 16 heavy (non-hydrogen) atoms. The maximum absolute atomic E-state index is 12.9. The van der Waals surface area contributed by atoms with Crippen LogP contribution in [0.1, 0.15) is 6.42 Å². The first-order valence-electron chi connectivity index (χ1n) is 4.86. The van der Waals surface area contributed by atoms with Gasteiger partial charge in [0, 0.05) is 6.42 Å². The van der Waals surface area contributed by atoms with Crippen LogP contribution in [0, 0.1) is 0 Å². The number of nitrogen functional groups attached to an aromatic ring is 1. The third-order valence-electron chi connectivity index (χ3n) is 2.02. The number of ether oxygens (including phenoxy) is 1. The van der Waals surface area contributed by atoms with E-state index in [4.69, 9.17) is 10.5 Å². The molecule has 0 bridgehead atoms. The molecular formula is C12H11FN2O. The summed E-state index contributed by atoms with van der Waals surface area (Å²) < 4.78 is 18.4. The van der Waals surface area contributed by atoms with Gasteiger partial charge in [-0.3, -0.25) is 0 Å². The molecule has 1 aromatic heterocycles. The molecule has 1 heterocycles. The van der Waals surface area contributed by atoms with Crippen molar-refractivity contribution in [2.75, 3.05) is 5.73 Å². The van der Waals surface area contributed by atoms with Crippen LogP contribution in [0.15, 0.2) is 54.2 Å². The molecule has 0 fully saturated rings. The number of nitrogens with two attached hydrogens (primary N) is 1. The minimum Gasteiger partial charge on any atom is -0.456 e. The molecule has 1 aliphatic carbocycles. The van der Waals surface area contributed by atoms with E-state index >= 15 is 0 Å². The average Bonchev–Trinajstić information content (AvgIpc) is 2.47. The maximum atomic E-state index is 12.9. The molecule has 0 spiro atoms. The molecule has 4 heteroatoms. The van der Waals surface area contributed by atoms with Crippen LogP contribution in [0.5, 0.6) is 5.75 Å². The first kappa shape index (κ1) is 10.4. The van der Waals surface area contributed by atoms with Gasteiger partial charge in [-0.1, -0.05) is 6.08 Å². The van der Waals surface area contributed by atoms with E-state index in [2.05, 4.69) is 4.98 Å². The minimum atomic E-state index is -0.190. The molecule has 1 aromatic rings. The Morgan fingerprint density at radius 2 is 2.19 bits per heavy atom. The van der Waals surface area contributed by atoms with Crippen molar-refractivity contribution in [3.05, 3.63) is 54.2 Å². The van der Waals surface area contributed by atoms with Gasteiger partial charge in [0.05, 0.1) is 6.20 Å². The normalized spacial score (nSPS) is 15.1. The summed E-state index contributed by atoms with van der Waals surface area (Å²) in [7, 11) is 0. The Bertz CT molecular complexity index is 460. The molecule has 0 saturated carbocycles. The molecule has 0 radical (unpaired) electrons. The predicted molar refractivity (Wildman–Crippen MR) is 60.3 cm³/mol. The van der Waals surface area contributed by atoms with Crippen molar-refractivity contribution < 1.29 is 9.13 Å². The second kappa shape index (κ2) is 4.61. The van der Waals surface area contributed by atoms with Gasteiger partial charge in [-0.05, 0) is 30.4 Å². The zero-order valence-electron chi connectivity index (χ0n) is 8.56. The molecule has 1 aliphatic rings. The zero-order chi connectivity index (χ0) is 11.4. The molecule has 0 amide bonds. The number of halogens is 1. The van der Waals surface area contributed by atoms with Crippen LogP contribution in [0.2, 0.25) is 0 Å². The standard InChI is InChI=1S/C12H11FN2O/c13-9-2-1-3-10(5-4-9)16-11-6-7-12(14)15-8-11/h1,3-8H,2H2,(H2,14,15). The van der Waals surface area contributed by atoms with Crippen LogP contribution < -0.4 is 10.5 Å². The lowest BCUT2D eigenvalue weighted by Gasteiger charge is -2.04. The SMILES string of the molecule is Nc1ccc(OC2=CC=C(F)CC=C2)cn1. The quantitative estimate of drug-likeness (QED) is 0.830. The largest absolute Gasteiger partial charge is 0.456 e. The van der Waals surface area contributed by atoms with E-state index in [0.29, 0.717) is 23.7 Å². The fraction of sp³-hybridized carbons (Fsp3) is 0.0833. The highest BCUT2D eigenvalue weighted by Gasteiger charge is 2.01. The van der Waals surface area contributed by atoms with E-state index in [1.807, 2.05) is 0 Å². The van der Waals surface area contributed by atoms with Crippen LogP contribution in [-0.2, 0) is 0 Å². The zero-order valence-corrected chi connectivity index (χ0v) is 8.56. The van der Waals surface area contributed by atoms with Gasteiger partial charge in [0.25, 0.3) is 0 Å². The summed E-state index contributed by atoms with van der Waals surface area (Å²) in [6, 6.07) is 3.36. The Morgan fingerprint density at radius 1 is 1.31 bits per heavy atom. The van der Waals surface area contributed by atoms with E-state index in [0.717, 1.165) is 0 Å². The van der Waals surface area contributed by atoms with Crippen molar-refractivity contribution >= 4 is 5.82 Å². The number of nitrogens with zero attached hydrogens (tertiary/aromatic N) is 1. The molecule has 0 saturated heterocycles. The first-order valence-corrected chi connectivity index (χ1v) is 4.86. The highest BCUT2D eigenvalue weighted by atomic mass is 19.1. The van der Waals surface area contributed by atoms with E-state index < -0.39 is 0 Å². The number of aromatic nitrogens is 1. The van der Waals surface area contributed by atoms with E-state index in [9.17, 15) is 4.39 Å². The molecule has 3 nitrogen and oxygen atoms in total. The van der Waals surface area contributed by atoms with Gasteiger partial charge >= 0.3 is 0 Å². The predicted octanol–water partition coefficient (Wildman–Crippen LogP) is 2.74. The van der Waals surface area contributed by atoms with E-state index in [1.165, 1.54) is 12.3 Å². The summed E-state index contributed by atoms with van der Waals surface area (Å²) in [6.07, 6.45) is 8.21. The van der Waals surface area contributed by atoms with Crippen molar-refractivity contribution in [1.82, 2.24) is 4.98 Å². The van der Waals surface area contributed by atoms with Gasteiger partial charge in [0.2, 0.25) is 0 Å². The molecule has 0 atom stereocenters. The minimum absolute atomic E-state index is 0.190. The molecule has 82 valence electrons. The fourth-order valence-corrected chi connectivity index (χ4v) is 1.24. The number of hydrogen-bond donors (Lipinski definition) is 1. The topological polar surface area (TPSA) is 48.1 Å². The van der Waals surface area contributed by atoms with Crippen LogP contribution >= 0.6 is 0 Å². The Morgan fingerprint density at radius 3 is 2.94 bits per heavy atom. The van der Waals surface area contributed by atoms with Crippen molar-refractivity contribution in [1.29, 1.82) is 0 Å². The Kier molecular flexibility index (Phi) is 3.00. The van der Waals surface area contributed by atoms with E-state index in [-0.39, 0.29) is 5.83 Å². The van der Waals surface area contributed by atoms with Crippen molar-refractivity contribution in [2.24, 2.45) is 0 Å². The van der Waals surface area contributed by atoms with Crippen LogP contribution in [0.4, 0.5) is 10.2 Å². The van der Waals surface area contributed by atoms with Crippen molar-refractivity contribution in [3.8, 4) is 5.75 Å². The van der Waals surface area contributed by atoms with Gasteiger partial charge in [0.1, 0.15) is 23.2 Å².